The average Bonchev–Trinajstić information content (AvgIpc) is 2.11. The largest absolute Gasteiger partial charge is 0.315 e. The summed E-state index contributed by atoms with van der Waals surface area (Å²) < 4.78 is 0. The summed E-state index contributed by atoms with van der Waals surface area (Å²) in [5, 5.41) is 3.47. The normalized spacial score (nSPS) is 12.0. The topological polar surface area (TPSA) is 15.3 Å². The predicted octanol–water partition coefficient (Wildman–Crippen LogP) is 2.60. The van der Waals surface area contributed by atoms with Gasteiger partial charge >= 0.3 is 0 Å². The molecule has 0 saturated heterocycles. The molecule has 1 N–H and O–H groups in total. The second-order valence-electron chi connectivity index (χ2n) is 5.44. The fourth-order valence-corrected chi connectivity index (χ4v) is 1.54. The van der Waals surface area contributed by atoms with E-state index >= 15 is 0 Å². The van der Waals surface area contributed by atoms with Gasteiger partial charge in [-0.1, -0.05) is 27.7 Å². The summed E-state index contributed by atoms with van der Waals surface area (Å²) in [5.41, 5.74) is 0. The van der Waals surface area contributed by atoms with Crippen molar-refractivity contribution in [1.29, 1.82) is 0 Å². The molecule has 0 aliphatic rings. The number of hydrogen-bond acceptors (Lipinski definition) is 2. The van der Waals surface area contributed by atoms with Crippen LogP contribution in [0.3, 0.4) is 0 Å². The molecule has 2 heteroatoms. The van der Waals surface area contributed by atoms with Crippen molar-refractivity contribution in [3.63, 3.8) is 0 Å². The Morgan fingerprint density at radius 1 is 1.00 bits per heavy atom. The van der Waals surface area contributed by atoms with E-state index in [1.807, 2.05) is 0 Å². The van der Waals surface area contributed by atoms with Crippen LogP contribution in [0.5, 0.6) is 0 Å². The molecule has 0 aliphatic carbocycles. The van der Waals surface area contributed by atoms with E-state index in [4.69, 9.17) is 0 Å². The highest BCUT2D eigenvalue weighted by atomic mass is 15.1. The molecule has 0 spiro atoms. The Morgan fingerprint density at radius 3 is 2.20 bits per heavy atom. The van der Waals surface area contributed by atoms with Gasteiger partial charge < -0.3 is 10.2 Å². The number of rotatable bonds is 9. The Morgan fingerprint density at radius 2 is 1.67 bits per heavy atom. The molecule has 0 radical (unpaired) electrons. The first-order valence-electron chi connectivity index (χ1n) is 6.41. The molecule has 0 aliphatic heterocycles. The Bertz CT molecular complexity index is 132. The molecular weight excluding hydrogens is 184 g/mol. The first-order chi connectivity index (χ1) is 7.02. The maximum Gasteiger partial charge on any atom is 0.0104 e. The molecule has 0 bridgehead atoms. The maximum absolute atomic E-state index is 3.47. The van der Waals surface area contributed by atoms with E-state index < -0.39 is 0 Å². The first-order valence-corrected chi connectivity index (χ1v) is 6.41. The predicted molar refractivity (Wildman–Crippen MR) is 69.3 cm³/mol. The van der Waals surface area contributed by atoms with E-state index in [-0.39, 0.29) is 0 Å². The van der Waals surface area contributed by atoms with Gasteiger partial charge in [0.25, 0.3) is 0 Å². The Hall–Kier alpha value is -0.0800. The minimum atomic E-state index is 0.760. The van der Waals surface area contributed by atoms with Gasteiger partial charge in [0.1, 0.15) is 0 Å². The molecular formula is C13H30N2. The SMILES string of the molecule is CC(C)CCCN(C)CCNCC(C)C. The minimum absolute atomic E-state index is 0.760. The van der Waals surface area contributed by atoms with Crippen LogP contribution in [0.1, 0.15) is 40.5 Å². The summed E-state index contributed by atoms with van der Waals surface area (Å²) in [6, 6.07) is 0. The van der Waals surface area contributed by atoms with Gasteiger partial charge in [-0.3, -0.25) is 0 Å². The number of hydrogen-bond donors (Lipinski definition) is 1. The monoisotopic (exact) mass is 214 g/mol. The molecule has 0 amide bonds. The average molecular weight is 214 g/mol. The first kappa shape index (κ1) is 14.9. The zero-order valence-corrected chi connectivity index (χ0v) is 11.3. The van der Waals surface area contributed by atoms with Gasteiger partial charge in [0, 0.05) is 13.1 Å². The van der Waals surface area contributed by atoms with Gasteiger partial charge in [-0.25, -0.2) is 0 Å². The lowest BCUT2D eigenvalue weighted by Crippen LogP contribution is -2.31. The van der Waals surface area contributed by atoms with Gasteiger partial charge in [-0.15, -0.1) is 0 Å². The van der Waals surface area contributed by atoms with E-state index in [0.29, 0.717) is 0 Å². The van der Waals surface area contributed by atoms with Crippen LogP contribution in [0.25, 0.3) is 0 Å². The van der Waals surface area contributed by atoms with Crippen molar-refractivity contribution in [2.75, 3.05) is 33.2 Å². The molecule has 0 aromatic heterocycles. The summed E-state index contributed by atoms with van der Waals surface area (Å²) in [4.78, 5) is 2.43. The standard InChI is InChI=1S/C13H30N2/c1-12(2)7-6-9-15(5)10-8-14-11-13(3)4/h12-14H,6-11H2,1-5H3. The molecule has 92 valence electrons. The fraction of sp³-hybridized carbons (Fsp3) is 1.00. The highest BCUT2D eigenvalue weighted by molar-refractivity contribution is 4.57. The zero-order chi connectivity index (χ0) is 11.7. The third-order valence-corrected chi connectivity index (χ3v) is 2.54. The van der Waals surface area contributed by atoms with Gasteiger partial charge in [-0.05, 0) is 44.8 Å². The number of nitrogens with zero attached hydrogens (tertiary/aromatic N) is 1. The van der Waals surface area contributed by atoms with Crippen molar-refractivity contribution in [3.05, 3.63) is 0 Å². The van der Waals surface area contributed by atoms with Crippen molar-refractivity contribution < 1.29 is 0 Å². The fourth-order valence-electron chi connectivity index (χ4n) is 1.54. The van der Waals surface area contributed by atoms with E-state index in [1.165, 1.54) is 25.9 Å². The van der Waals surface area contributed by atoms with Crippen LogP contribution < -0.4 is 5.32 Å². The summed E-state index contributed by atoms with van der Waals surface area (Å²) in [6.07, 6.45) is 2.68. The molecule has 0 rings (SSSR count). The van der Waals surface area contributed by atoms with Crippen molar-refractivity contribution in [2.45, 2.75) is 40.5 Å². The Labute approximate surface area is 96.4 Å². The van der Waals surface area contributed by atoms with Gasteiger partial charge in [0.2, 0.25) is 0 Å². The molecule has 0 unspecified atom stereocenters. The minimum Gasteiger partial charge on any atom is -0.315 e. The smallest absolute Gasteiger partial charge is 0.0104 e. The van der Waals surface area contributed by atoms with E-state index in [1.54, 1.807) is 0 Å². The zero-order valence-electron chi connectivity index (χ0n) is 11.3. The maximum atomic E-state index is 3.47. The summed E-state index contributed by atoms with van der Waals surface area (Å²) in [5.74, 6) is 1.61. The Kier molecular flexibility index (Phi) is 9.12. The van der Waals surface area contributed by atoms with Crippen LogP contribution in [-0.4, -0.2) is 38.1 Å². The second-order valence-corrected chi connectivity index (χ2v) is 5.44. The van der Waals surface area contributed by atoms with Crippen LogP contribution >= 0.6 is 0 Å². The van der Waals surface area contributed by atoms with Gasteiger partial charge in [-0.2, -0.15) is 0 Å². The lowest BCUT2D eigenvalue weighted by molar-refractivity contribution is 0.313. The lowest BCUT2D eigenvalue weighted by atomic mass is 10.1. The quantitative estimate of drug-likeness (QED) is 0.594. The van der Waals surface area contributed by atoms with Crippen LogP contribution in [-0.2, 0) is 0 Å². The third kappa shape index (κ3) is 11.8. The van der Waals surface area contributed by atoms with E-state index in [0.717, 1.165) is 24.9 Å². The number of likely N-dealkylation sites (N-methyl/N-ethyl adjacent to an activating group) is 1. The number of nitrogens with one attached hydrogen (secondary N) is 1. The molecule has 0 atom stereocenters. The van der Waals surface area contributed by atoms with Crippen molar-refractivity contribution >= 4 is 0 Å². The summed E-state index contributed by atoms with van der Waals surface area (Å²) >= 11 is 0. The van der Waals surface area contributed by atoms with Crippen molar-refractivity contribution in [1.82, 2.24) is 10.2 Å². The van der Waals surface area contributed by atoms with Gasteiger partial charge in [0.15, 0.2) is 0 Å². The molecule has 15 heavy (non-hydrogen) atoms. The van der Waals surface area contributed by atoms with Crippen LogP contribution in [0, 0.1) is 11.8 Å². The highest BCUT2D eigenvalue weighted by Crippen LogP contribution is 2.03. The molecule has 0 heterocycles. The van der Waals surface area contributed by atoms with Crippen LogP contribution in [0.4, 0.5) is 0 Å². The molecule has 2 nitrogen and oxygen atoms in total. The van der Waals surface area contributed by atoms with Crippen LogP contribution in [0.15, 0.2) is 0 Å². The van der Waals surface area contributed by atoms with Gasteiger partial charge in [0.05, 0.1) is 0 Å². The second kappa shape index (κ2) is 9.17. The van der Waals surface area contributed by atoms with E-state index in [9.17, 15) is 0 Å². The molecule has 0 fully saturated rings. The lowest BCUT2D eigenvalue weighted by Gasteiger charge is -2.17. The third-order valence-electron chi connectivity index (χ3n) is 2.54. The summed E-state index contributed by atoms with van der Waals surface area (Å²) in [6.45, 7) is 13.8. The molecule has 0 aromatic carbocycles. The van der Waals surface area contributed by atoms with Crippen molar-refractivity contribution in [2.24, 2.45) is 11.8 Å². The van der Waals surface area contributed by atoms with Crippen molar-refractivity contribution in [3.8, 4) is 0 Å². The molecule has 0 aromatic rings. The molecule has 0 saturated carbocycles. The van der Waals surface area contributed by atoms with E-state index in [2.05, 4.69) is 45.0 Å². The van der Waals surface area contributed by atoms with Crippen LogP contribution in [0.2, 0.25) is 0 Å². The highest BCUT2D eigenvalue weighted by Gasteiger charge is 1.99. The Balaban J connectivity index is 3.22. The summed E-state index contributed by atoms with van der Waals surface area (Å²) in [7, 11) is 2.22.